The van der Waals surface area contributed by atoms with Gasteiger partial charge in [0.05, 0.1) is 19.8 Å². The zero-order valence-electron chi connectivity index (χ0n) is 21.1. The topological polar surface area (TPSA) is 120 Å². The largest absolute Gasteiger partial charge is 0.497 e. The average Bonchev–Trinajstić information content (AvgIpc) is 3.38. The van der Waals surface area contributed by atoms with Crippen LogP contribution in [0.4, 0.5) is 0 Å². The Morgan fingerprint density at radius 1 is 1.06 bits per heavy atom. The Morgan fingerprint density at radius 2 is 1.69 bits per heavy atom. The predicted octanol–water partition coefficient (Wildman–Crippen LogP) is 2.20. The van der Waals surface area contributed by atoms with Crippen LogP contribution >= 0.6 is 0 Å². The molecule has 0 aliphatic carbocycles. The number of hydrogen-bond acceptors (Lipinski definition) is 7. The molecule has 2 aromatic rings. The van der Waals surface area contributed by atoms with Crippen molar-refractivity contribution in [2.75, 3.05) is 20.3 Å². The van der Waals surface area contributed by atoms with Crippen LogP contribution < -0.4 is 20.5 Å². The van der Waals surface area contributed by atoms with Gasteiger partial charge in [-0.3, -0.25) is 9.59 Å². The second kappa shape index (κ2) is 12.9. The lowest BCUT2D eigenvalue weighted by molar-refractivity contribution is -0.150. The first-order valence-electron chi connectivity index (χ1n) is 12.2. The molecular formula is C27H35N3O6. The molecule has 3 rings (SSSR count). The van der Waals surface area contributed by atoms with Crippen LogP contribution in [0, 0.1) is 0 Å². The van der Waals surface area contributed by atoms with Gasteiger partial charge < -0.3 is 30.2 Å². The van der Waals surface area contributed by atoms with Gasteiger partial charge in [-0.05, 0) is 68.5 Å². The summed E-state index contributed by atoms with van der Waals surface area (Å²) < 4.78 is 15.7. The molecule has 1 aliphatic rings. The van der Waals surface area contributed by atoms with E-state index in [0.29, 0.717) is 38.3 Å². The van der Waals surface area contributed by atoms with E-state index in [0.717, 1.165) is 23.3 Å². The Balaban J connectivity index is 1.51. The van der Waals surface area contributed by atoms with Gasteiger partial charge in [-0.1, -0.05) is 24.3 Å². The Labute approximate surface area is 211 Å². The number of ether oxygens (including phenoxy) is 3. The van der Waals surface area contributed by atoms with Gasteiger partial charge in [-0.2, -0.15) is 0 Å². The Hall–Kier alpha value is -3.59. The number of rotatable bonds is 11. The molecule has 0 spiro atoms. The number of nitrogens with one attached hydrogen (secondary N) is 1. The van der Waals surface area contributed by atoms with Crippen molar-refractivity contribution >= 4 is 17.8 Å². The predicted molar refractivity (Wildman–Crippen MR) is 134 cm³/mol. The van der Waals surface area contributed by atoms with Crippen molar-refractivity contribution in [1.29, 1.82) is 0 Å². The molecule has 0 aromatic heterocycles. The first kappa shape index (κ1) is 27.0. The average molecular weight is 498 g/mol. The monoisotopic (exact) mass is 497 g/mol. The number of esters is 1. The van der Waals surface area contributed by atoms with E-state index in [1.54, 1.807) is 38.0 Å². The number of carbonyl (C=O) groups excluding carboxylic acids is 3. The number of hydrogen-bond donors (Lipinski definition) is 2. The van der Waals surface area contributed by atoms with Crippen molar-refractivity contribution in [3.8, 4) is 11.5 Å². The lowest BCUT2D eigenvalue weighted by Crippen LogP contribution is -2.51. The maximum Gasteiger partial charge on any atom is 0.347 e. The van der Waals surface area contributed by atoms with Crippen molar-refractivity contribution < 1.29 is 28.6 Å². The SMILES string of the molecule is CCOC(=O)C(C)Oc1ccc(CNC(=O)[C@@H]2CCCN2C(=O)[C@@H](N)Cc2ccc(OC)cc2)cc1. The molecule has 36 heavy (non-hydrogen) atoms. The Morgan fingerprint density at radius 3 is 2.33 bits per heavy atom. The van der Waals surface area contributed by atoms with Crippen LogP contribution in [0.2, 0.25) is 0 Å². The zero-order valence-corrected chi connectivity index (χ0v) is 21.1. The summed E-state index contributed by atoms with van der Waals surface area (Å²) in [6, 6.07) is 13.3. The minimum atomic E-state index is -0.726. The number of methoxy groups -OCH3 is 1. The van der Waals surface area contributed by atoms with Crippen LogP contribution in [-0.2, 0) is 32.1 Å². The quantitative estimate of drug-likeness (QED) is 0.457. The van der Waals surface area contributed by atoms with Crippen molar-refractivity contribution in [1.82, 2.24) is 10.2 Å². The van der Waals surface area contributed by atoms with Crippen molar-refractivity contribution in [2.45, 2.75) is 57.8 Å². The molecule has 1 saturated heterocycles. The van der Waals surface area contributed by atoms with Crippen LogP contribution in [0.1, 0.15) is 37.8 Å². The molecule has 1 unspecified atom stereocenters. The highest BCUT2D eigenvalue weighted by molar-refractivity contribution is 5.90. The standard InChI is InChI=1S/C27H35N3O6/c1-4-35-27(33)18(2)36-22-13-9-20(10-14-22)17-29-25(31)24-6-5-15-30(24)26(32)23(28)16-19-7-11-21(34-3)12-8-19/h7-14,18,23-24H,4-6,15-17,28H2,1-3H3,(H,29,31)/t18?,23-,24-/m0/s1. The zero-order chi connectivity index (χ0) is 26.1. The third kappa shape index (κ3) is 7.21. The van der Waals surface area contributed by atoms with E-state index in [-0.39, 0.29) is 11.8 Å². The third-order valence-electron chi connectivity index (χ3n) is 6.09. The molecule has 194 valence electrons. The van der Waals surface area contributed by atoms with Crippen molar-refractivity contribution in [3.63, 3.8) is 0 Å². The summed E-state index contributed by atoms with van der Waals surface area (Å²) in [6.45, 7) is 4.49. The molecule has 9 nitrogen and oxygen atoms in total. The van der Waals surface area contributed by atoms with Gasteiger partial charge in [0, 0.05) is 13.1 Å². The van der Waals surface area contributed by atoms with Crippen molar-refractivity contribution in [3.05, 3.63) is 59.7 Å². The number of amides is 2. The molecule has 0 saturated carbocycles. The van der Waals surface area contributed by atoms with Crippen LogP contribution in [-0.4, -0.2) is 61.1 Å². The van der Waals surface area contributed by atoms with Crippen LogP contribution in [0.5, 0.6) is 11.5 Å². The smallest absolute Gasteiger partial charge is 0.347 e. The summed E-state index contributed by atoms with van der Waals surface area (Å²) in [5, 5.41) is 2.92. The highest BCUT2D eigenvalue weighted by Gasteiger charge is 2.36. The van der Waals surface area contributed by atoms with Gasteiger partial charge in [-0.25, -0.2) is 4.79 Å². The maximum absolute atomic E-state index is 13.0. The molecule has 0 radical (unpaired) electrons. The molecular weight excluding hydrogens is 462 g/mol. The van der Waals surface area contributed by atoms with Gasteiger partial charge >= 0.3 is 5.97 Å². The normalized spacial score (nSPS) is 16.7. The van der Waals surface area contributed by atoms with E-state index in [4.69, 9.17) is 19.9 Å². The summed E-state index contributed by atoms with van der Waals surface area (Å²) in [6.07, 6.45) is 1.03. The van der Waals surface area contributed by atoms with Crippen LogP contribution in [0.25, 0.3) is 0 Å². The third-order valence-corrected chi connectivity index (χ3v) is 6.09. The first-order chi connectivity index (χ1) is 17.3. The fourth-order valence-electron chi connectivity index (χ4n) is 4.12. The van der Waals surface area contributed by atoms with Crippen LogP contribution in [0.3, 0.4) is 0 Å². The Kier molecular flexibility index (Phi) is 9.69. The van der Waals surface area contributed by atoms with Gasteiger partial charge in [0.2, 0.25) is 11.8 Å². The molecule has 1 heterocycles. The number of benzene rings is 2. The number of carbonyl (C=O) groups is 3. The van der Waals surface area contributed by atoms with E-state index in [9.17, 15) is 14.4 Å². The molecule has 1 fully saturated rings. The van der Waals surface area contributed by atoms with Gasteiger partial charge in [0.15, 0.2) is 6.10 Å². The number of nitrogens with zero attached hydrogens (tertiary/aromatic N) is 1. The lowest BCUT2D eigenvalue weighted by Gasteiger charge is -2.27. The lowest BCUT2D eigenvalue weighted by atomic mass is 10.0. The summed E-state index contributed by atoms with van der Waals surface area (Å²) in [4.78, 5) is 39.2. The van der Waals surface area contributed by atoms with E-state index >= 15 is 0 Å². The second-order valence-electron chi connectivity index (χ2n) is 8.72. The molecule has 1 aliphatic heterocycles. The van der Waals surface area contributed by atoms with E-state index in [1.165, 1.54) is 0 Å². The minimum absolute atomic E-state index is 0.200. The molecule has 3 N–H and O–H groups in total. The number of nitrogens with two attached hydrogens (primary N) is 1. The fraction of sp³-hybridized carbons (Fsp3) is 0.444. The summed E-state index contributed by atoms with van der Waals surface area (Å²) in [5.74, 6) is 0.426. The summed E-state index contributed by atoms with van der Waals surface area (Å²) in [7, 11) is 1.60. The van der Waals surface area contributed by atoms with E-state index in [2.05, 4.69) is 5.32 Å². The Bertz CT molecular complexity index is 1020. The summed E-state index contributed by atoms with van der Waals surface area (Å²) in [5.41, 5.74) is 8.01. The fourth-order valence-corrected chi connectivity index (χ4v) is 4.12. The molecule has 3 atom stereocenters. The molecule has 0 bridgehead atoms. The van der Waals surface area contributed by atoms with Crippen molar-refractivity contribution in [2.24, 2.45) is 5.73 Å². The molecule has 2 amide bonds. The van der Waals surface area contributed by atoms with Gasteiger partial charge in [0.25, 0.3) is 0 Å². The van der Waals surface area contributed by atoms with Gasteiger partial charge in [0.1, 0.15) is 17.5 Å². The first-order valence-corrected chi connectivity index (χ1v) is 12.2. The van der Waals surface area contributed by atoms with E-state index in [1.807, 2.05) is 36.4 Å². The molecule has 9 heteroatoms. The highest BCUT2D eigenvalue weighted by atomic mass is 16.6. The molecule has 2 aromatic carbocycles. The maximum atomic E-state index is 13.0. The van der Waals surface area contributed by atoms with Gasteiger partial charge in [-0.15, -0.1) is 0 Å². The number of likely N-dealkylation sites (tertiary alicyclic amines) is 1. The minimum Gasteiger partial charge on any atom is -0.497 e. The summed E-state index contributed by atoms with van der Waals surface area (Å²) >= 11 is 0. The second-order valence-corrected chi connectivity index (χ2v) is 8.72. The highest BCUT2D eigenvalue weighted by Crippen LogP contribution is 2.20. The van der Waals surface area contributed by atoms with Crippen LogP contribution in [0.15, 0.2) is 48.5 Å². The van der Waals surface area contributed by atoms with E-state index < -0.39 is 24.2 Å².